The summed E-state index contributed by atoms with van der Waals surface area (Å²) in [6.07, 6.45) is 4.46. The van der Waals surface area contributed by atoms with E-state index in [1.54, 1.807) is 6.07 Å². The topological polar surface area (TPSA) is 60.7 Å². The first-order valence-electron chi connectivity index (χ1n) is 10.1. The number of rotatable bonds is 7. The van der Waals surface area contributed by atoms with Gasteiger partial charge in [0.15, 0.2) is 0 Å². The molecule has 0 atom stereocenters. The van der Waals surface area contributed by atoms with Crippen molar-refractivity contribution in [2.24, 2.45) is 0 Å². The standard InChI is InChI=1S/C22H41O3P/c1-9-11-13-17-18(21(3,4)5)14-15-19(20(17)22(6,7)8)26(23,24,25)16-12-10-2/h14-15,23-25H,9-13,16H2,1-8H3. The van der Waals surface area contributed by atoms with Gasteiger partial charge < -0.3 is 0 Å². The van der Waals surface area contributed by atoms with Gasteiger partial charge in [-0.05, 0) is 0 Å². The van der Waals surface area contributed by atoms with Crippen molar-refractivity contribution < 1.29 is 14.7 Å². The van der Waals surface area contributed by atoms with Crippen LogP contribution in [0.5, 0.6) is 0 Å². The van der Waals surface area contributed by atoms with Gasteiger partial charge in [0.25, 0.3) is 0 Å². The van der Waals surface area contributed by atoms with Crippen molar-refractivity contribution in [3.05, 3.63) is 28.8 Å². The van der Waals surface area contributed by atoms with Gasteiger partial charge in [-0.3, -0.25) is 0 Å². The molecule has 3 nitrogen and oxygen atoms in total. The molecule has 152 valence electrons. The van der Waals surface area contributed by atoms with Crippen molar-refractivity contribution in [1.82, 2.24) is 0 Å². The van der Waals surface area contributed by atoms with Crippen LogP contribution in [-0.2, 0) is 17.3 Å². The normalized spacial score (nSPS) is 15.0. The minimum absolute atomic E-state index is 0.0350. The molecule has 0 bridgehead atoms. The second kappa shape index (κ2) is 7.87. The molecule has 1 aromatic carbocycles. The fourth-order valence-electron chi connectivity index (χ4n) is 3.74. The summed E-state index contributed by atoms with van der Waals surface area (Å²) in [5, 5.41) is 0.371. The van der Waals surface area contributed by atoms with Crippen LogP contribution in [0.15, 0.2) is 12.1 Å². The number of benzene rings is 1. The Morgan fingerprint density at radius 1 is 0.808 bits per heavy atom. The number of hydrogen-bond donors (Lipinski definition) is 3. The predicted octanol–water partition coefficient (Wildman–Crippen LogP) is 5.32. The Morgan fingerprint density at radius 2 is 1.35 bits per heavy atom. The van der Waals surface area contributed by atoms with E-state index < -0.39 is 7.28 Å². The molecule has 1 rings (SSSR count). The van der Waals surface area contributed by atoms with E-state index in [0.717, 1.165) is 31.2 Å². The van der Waals surface area contributed by atoms with Crippen molar-refractivity contribution in [3.8, 4) is 0 Å². The van der Waals surface area contributed by atoms with Gasteiger partial charge in [0.05, 0.1) is 0 Å². The predicted molar refractivity (Wildman–Crippen MR) is 115 cm³/mol. The second-order valence-electron chi connectivity index (χ2n) is 9.82. The maximum absolute atomic E-state index is 11.0. The van der Waals surface area contributed by atoms with Gasteiger partial charge in [0, 0.05) is 0 Å². The Hall–Kier alpha value is -0.470. The van der Waals surface area contributed by atoms with Crippen LogP contribution >= 0.6 is 7.28 Å². The van der Waals surface area contributed by atoms with Crippen LogP contribution in [0.1, 0.15) is 97.8 Å². The van der Waals surface area contributed by atoms with Crippen LogP contribution in [0.2, 0.25) is 0 Å². The quantitative estimate of drug-likeness (QED) is 0.557. The Kier molecular flexibility index (Phi) is 7.14. The van der Waals surface area contributed by atoms with Gasteiger partial charge in [0.2, 0.25) is 0 Å². The van der Waals surface area contributed by atoms with Gasteiger partial charge in [-0.15, -0.1) is 0 Å². The fourth-order valence-corrected chi connectivity index (χ4v) is 6.19. The van der Waals surface area contributed by atoms with Gasteiger partial charge in [-0.25, -0.2) is 0 Å². The maximum atomic E-state index is 11.0. The summed E-state index contributed by atoms with van der Waals surface area (Å²) >= 11 is 0. The van der Waals surface area contributed by atoms with Crippen LogP contribution < -0.4 is 5.30 Å². The zero-order valence-electron chi connectivity index (χ0n) is 18.2. The summed E-state index contributed by atoms with van der Waals surface area (Å²) in [6.45, 7) is 17.0. The van der Waals surface area contributed by atoms with Crippen molar-refractivity contribution in [2.45, 2.75) is 98.3 Å². The van der Waals surface area contributed by atoms with Gasteiger partial charge in [-0.2, -0.15) is 0 Å². The van der Waals surface area contributed by atoms with E-state index in [4.69, 9.17) is 0 Å². The average molecular weight is 385 g/mol. The van der Waals surface area contributed by atoms with Crippen molar-refractivity contribution in [3.63, 3.8) is 0 Å². The van der Waals surface area contributed by atoms with Crippen LogP contribution in [0.25, 0.3) is 0 Å². The Morgan fingerprint density at radius 3 is 1.77 bits per heavy atom. The summed E-state index contributed by atoms with van der Waals surface area (Å²) in [5.41, 5.74) is 3.03. The van der Waals surface area contributed by atoms with E-state index in [1.807, 2.05) is 13.0 Å². The van der Waals surface area contributed by atoms with E-state index >= 15 is 0 Å². The molecular formula is C22H41O3P. The van der Waals surface area contributed by atoms with Crippen molar-refractivity contribution >= 4 is 12.6 Å². The summed E-state index contributed by atoms with van der Waals surface area (Å²) in [5.74, 6) is 0. The van der Waals surface area contributed by atoms with Crippen LogP contribution in [0, 0.1) is 0 Å². The van der Waals surface area contributed by atoms with Crippen molar-refractivity contribution in [1.29, 1.82) is 0 Å². The molecule has 0 aliphatic carbocycles. The van der Waals surface area contributed by atoms with E-state index in [1.165, 1.54) is 11.1 Å². The molecule has 0 fully saturated rings. The molecule has 4 heteroatoms. The number of hydrogen-bond acceptors (Lipinski definition) is 3. The third-order valence-corrected chi connectivity index (χ3v) is 7.55. The van der Waals surface area contributed by atoms with E-state index in [2.05, 4.69) is 48.5 Å². The third-order valence-electron chi connectivity index (χ3n) is 5.05. The summed E-state index contributed by atoms with van der Waals surface area (Å²) in [6, 6.07) is 3.79. The van der Waals surface area contributed by atoms with E-state index in [-0.39, 0.29) is 17.0 Å². The first-order valence-corrected chi connectivity index (χ1v) is 12.3. The molecule has 0 saturated carbocycles. The second-order valence-corrected chi connectivity index (χ2v) is 13.0. The Balaban J connectivity index is 3.84. The first-order chi connectivity index (χ1) is 11.6. The molecule has 0 heterocycles. The Labute approximate surface area is 161 Å². The van der Waals surface area contributed by atoms with E-state index in [0.29, 0.717) is 11.7 Å². The molecule has 3 N–H and O–H groups in total. The molecule has 0 radical (unpaired) electrons. The molecule has 0 aliphatic heterocycles. The molecular weight excluding hydrogens is 343 g/mol. The molecule has 0 saturated heterocycles. The number of unbranched alkanes of at least 4 members (excludes halogenated alkanes) is 2. The average Bonchev–Trinajstić information content (AvgIpc) is 2.47. The SMILES string of the molecule is CCCCc1c(C(C)(C)C)ccc(P(O)(O)(O)CCCC)c1C(C)(C)C. The molecule has 0 aromatic heterocycles. The van der Waals surface area contributed by atoms with Crippen LogP contribution in [0.4, 0.5) is 0 Å². The van der Waals surface area contributed by atoms with Gasteiger partial charge in [-0.1, -0.05) is 0 Å². The van der Waals surface area contributed by atoms with Crippen LogP contribution in [0.3, 0.4) is 0 Å². The van der Waals surface area contributed by atoms with Gasteiger partial charge in [0.1, 0.15) is 0 Å². The van der Waals surface area contributed by atoms with E-state index in [9.17, 15) is 14.7 Å². The Bertz CT molecular complexity index is 613. The fraction of sp³-hybridized carbons (Fsp3) is 0.727. The summed E-state index contributed by atoms with van der Waals surface area (Å²) < 4.78 is 0. The molecule has 26 heavy (non-hydrogen) atoms. The zero-order valence-corrected chi connectivity index (χ0v) is 19.1. The first kappa shape index (κ1) is 23.6. The van der Waals surface area contributed by atoms with Crippen molar-refractivity contribution in [2.75, 3.05) is 6.16 Å². The summed E-state index contributed by atoms with van der Waals surface area (Å²) in [4.78, 5) is 33.0. The summed E-state index contributed by atoms with van der Waals surface area (Å²) in [7, 11) is -4.90. The van der Waals surface area contributed by atoms with Crippen LogP contribution in [-0.4, -0.2) is 20.8 Å². The van der Waals surface area contributed by atoms with Gasteiger partial charge >= 0.3 is 161 Å². The molecule has 0 amide bonds. The zero-order chi connectivity index (χ0) is 20.4. The monoisotopic (exact) mass is 384 g/mol. The minimum atomic E-state index is -4.90. The third kappa shape index (κ3) is 5.52. The molecule has 0 aliphatic rings. The molecule has 0 spiro atoms. The molecule has 0 unspecified atom stereocenters. The molecule has 1 aromatic rings.